The summed E-state index contributed by atoms with van der Waals surface area (Å²) in [5.74, 6) is -0.227. The standard InChI is InChI=1S/C25H29ClN2O5S/c1-5-28(6-2)20-11-14-22(18(3)16-20)27(4)25(29)33-24(23-8-7-15-32-23)17-34(30,31)21-12-9-19(26)10-13-21/h7-16,24H,5-6,17H2,1-4H3. The van der Waals surface area contributed by atoms with E-state index in [9.17, 15) is 13.2 Å². The number of rotatable bonds is 9. The van der Waals surface area contributed by atoms with Gasteiger partial charge in [0.2, 0.25) is 0 Å². The van der Waals surface area contributed by atoms with Crippen LogP contribution < -0.4 is 9.80 Å². The molecule has 34 heavy (non-hydrogen) atoms. The van der Waals surface area contributed by atoms with Crippen LogP contribution in [0.3, 0.4) is 0 Å². The first kappa shape index (κ1) is 25.6. The number of anilines is 2. The summed E-state index contributed by atoms with van der Waals surface area (Å²) in [5, 5.41) is 0.428. The fourth-order valence-corrected chi connectivity index (χ4v) is 5.19. The van der Waals surface area contributed by atoms with Gasteiger partial charge in [-0.2, -0.15) is 0 Å². The minimum atomic E-state index is -3.79. The summed E-state index contributed by atoms with van der Waals surface area (Å²) in [7, 11) is -2.20. The van der Waals surface area contributed by atoms with E-state index in [1.54, 1.807) is 19.2 Å². The van der Waals surface area contributed by atoms with Crippen molar-refractivity contribution in [1.82, 2.24) is 0 Å². The highest BCUT2D eigenvalue weighted by Gasteiger charge is 2.29. The summed E-state index contributed by atoms with van der Waals surface area (Å²) in [6, 6.07) is 14.9. The van der Waals surface area contributed by atoms with E-state index in [1.807, 2.05) is 25.1 Å². The van der Waals surface area contributed by atoms with Crippen LogP contribution in [0, 0.1) is 6.92 Å². The molecule has 0 fully saturated rings. The molecule has 0 aliphatic rings. The molecule has 0 aliphatic carbocycles. The van der Waals surface area contributed by atoms with Gasteiger partial charge in [-0.1, -0.05) is 11.6 Å². The lowest BCUT2D eigenvalue weighted by Gasteiger charge is -2.25. The molecule has 3 aromatic rings. The number of hydrogen-bond donors (Lipinski definition) is 0. The summed E-state index contributed by atoms with van der Waals surface area (Å²) in [5.41, 5.74) is 2.63. The first-order valence-electron chi connectivity index (χ1n) is 11.0. The number of aryl methyl sites for hydroxylation is 1. The Hall–Kier alpha value is -2.97. The first-order valence-corrected chi connectivity index (χ1v) is 13.0. The van der Waals surface area contributed by atoms with Gasteiger partial charge >= 0.3 is 6.09 Å². The van der Waals surface area contributed by atoms with Crippen molar-refractivity contribution in [3.05, 3.63) is 77.2 Å². The van der Waals surface area contributed by atoms with Crippen LogP contribution in [-0.2, 0) is 14.6 Å². The lowest BCUT2D eigenvalue weighted by molar-refractivity contribution is 0.104. The van der Waals surface area contributed by atoms with E-state index in [0.29, 0.717) is 10.7 Å². The van der Waals surface area contributed by atoms with Gasteiger partial charge in [0.25, 0.3) is 0 Å². The second-order valence-electron chi connectivity index (χ2n) is 7.83. The molecule has 9 heteroatoms. The van der Waals surface area contributed by atoms with Crippen LogP contribution in [-0.4, -0.2) is 40.4 Å². The molecule has 0 aliphatic heterocycles. The Kier molecular flexibility index (Phi) is 8.28. The van der Waals surface area contributed by atoms with E-state index in [4.69, 9.17) is 20.8 Å². The highest BCUT2D eigenvalue weighted by molar-refractivity contribution is 7.91. The highest BCUT2D eigenvalue weighted by Crippen LogP contribution is 2.29. The molecule has 7 nitrogen and oxygen atoms in total. The Morgan fingerprint density at radius 1 is 1.09 bits per heavy atom. The maximum atomic E-state index is 13.0. The SMILES string of the molecule is CCN(CC)c1ccc(N(C)C(=O)OC(CS(=O)(=O)c2ccc(Cl)cc2)c2ccco2)c(C)c1. The molecule has 2 aromatic carbocycles. The van der Waals surface area contributed by atoms with E-state index >= 15 is 0 Å². The predicted octanol–water partition coefficient (Wildman–Crippen LogP) is 5.88. The number of carbonyl (C=O) groups excluding carboxylic acids is 1. The van der Waals surface area contributed by atoms with Gasteiger partial charge in [-0.25, -0.2) is 13.2 Å². The van der Waals surface area contributed by atoms with Gasteiger partial charge in [0.1, 0.15) is 5.76 Å². The molecule has 1 unspecified atom stereocenters. The highest BCUT2D eigenvalue weighted by atomic mass is 35.5. The largest absolute Gasteiger partial charge is 0.465 e. The lowest BCUT2D eigenvalue weighted by Crippen LogP contribution is -2.31. The molecule has 0 spiro atoms. The smallest absolute Gasteiger partial charge is 0.414 e. The molecule has 1 heterocycles. The van der Waals surface area contributed by atoms with Gasteiger partial charge in [-0.05, 0) is 80.9 Å². The van der Waals surface area contributed by atoms with Crippen molar-refractivity contribution in [2.24, 2.45) is 0 Å². The molecule has 1 atom stereocenters. The number of sulfone groups is 1. The summed E-state index contributed by atoms with van der Waals surface area (Å²) in [6.07, 6.45) is -0.405. The average molecular weight is 505 g/mol. The van der Waals surface area contributed by atoms with Crippen molar-refractivity contribution in [1.29, 1.82) is 0 Å². The Balaban J connectivity index is 1.82. The zero-order chi connectivity index (χ0) is 24.9. The molecule has 0 saturated heterocycles. The van der Waals surface area contributed by atoms with E-state index in [-0.39, 0.29) is 10.7 Å². The van der Waals surface area contributed by atoms with Crippen LogP contribution in [0.25, 0.3) is 0 Å². The zero-order valence-corrected chi connectivity index (χ0v) is 21.3. The van der Waals surface area contributed by atoms with Crippen molar-refractivity contribution in [2.45, 2.75) is 31.8 Å². The van der Waals surface area contributed by atoms with Crippen molar-refractivity contribution < 1.29 is 22.4 Å². The minimum absolute atomic E-state index is 0.0840. The van der Waals surface area contributed by atoms with Crippen LogP contribution in [0.1, 0.15) is 31.3 Å². The molecule has 182 valence electrons. The quantitative estimate of drug-likeness (QED) is 0.362. The normalized spacial score (nSPS) is 12.3. The zero-order valence-electron chi connectivity index (χ0n) is 19.7. The molecular formula is C25H29ClN2O5S. The molecular weight excluding hydrogens is 476 g/mol. The van der Waals surface area contributed by atoms with Crippen LogP contribution in [0.4, 0.5) is 16.2 Å². The van der Waals surface area contributed by atoms with E-state index in [2.05, 4.69) is 18.7 Å². The molecule has 3 rings (SSSR count). The van der Waals surface area contributed by atoms with Gasteiger partial charge in [0.15, 0.2) is 15.9 Å². The third-order valence-corrected chi connectivity index (χ3v) is 7.58. The Labute approximate surface area is 205 Å². The van der Waals surface area contributed by atoms with Gasteiger partial charge in [0, 0.05) is 36.5 Å². The number of ether oxygens (including phenoxy) is 1. The predicted molar refractivity (Wildman–Crippen MR) is 135 cm³/mol. The second-order valence-corrected chi connectivity index (χ2v) is 10.3. The number of amides is 1. The number of carbonyl (C=O) groups is 1. The van der Waals surface area contributed by atoms with E-state index < -0.39 is 27.8 Å². The van der Waals surface area contributed by atoms with E-state index in [1.165, 1.54) is 35.4 Å². The second kappa shape index (κ2) is 11.0. The number of halogens is 1. The van der Waals surface area contributed by atoms with Gasteiger partial charge in [-0.3, -0.25) is 4.90 Å². The van der Waals surface area contributed by atoms with Crippen molar-refractivity contribution >= 4 is 38.9 Å². The van der Waals surface area contributed by atoms with Gasteiger partial charge in [-0.15, -0.1) is 0 Å². The lowest BCUT2D eigenvalue weighted by atomic mass is 10.1. The first-order chi connectivity index (χ1) is 16.2. The molecule has 0 radical (unpaired) electrons. The monoisotopic (exact) mass is 504 g/mol. The minimum Gasteiger partial charge on any atom is -0.465 e. The molecule has 1 amide bonds. The van der Waals surface area contributed by atoms with Crippen molar-refractivity contribution in [3.8, 4) is 0 Å². The third kappa shape index (κ3) is 5.93. The van der Waals surface area contributed by atoms with E-state index in [0.717, 1.165) is 24.3 Å². The Morgan fingerprint density at radius 3 is 2.32 bits per heavy atom. The fraction of sp³-hybridized carbons (Fsp3) is 0.320. The summed E-state index contributed by atoms with van der Waals surface area (Å²) in [4.78, 5) is 16.7. The maximum absolute atomic E-state index is 13.0. The van der Waals surface area contributed by atoms with Crippen LogP contribution >= 0.6 is 11.6 Å². The number of furan rings is 1. The molecule has 0 bridgehead atoms. The van der Waals surface area contributed by atoms with Gasteiger partial charge < -0.3 is 14.1 Å². The van der Waals surface area contributed by atoms with Gasteiger partial charge in [0.05, 0.1) is 16.9 Å². The Bertz CT molecular complexity index is 1210. The van der Waals surface area contributed by atoms with Crippen LogP contribution in [0.15, 0.2) is 70.2 Å². The fourth-order valence-electron chi connectivity index (χ4n) is 3.69. The van der Waals surface area contributed by atoms with Crippen molar-refractivity contribution in [3.63, 3.8) is 0 Å². The Morgan fingerprint density at radius 2 is 1.76 bits per heavy atom. The molecule has 0 saturated carbocycles. The van der Waals surface area contributed by atoms with Crippen molar-refractivity contribution in [2.75, 3.05) is 35.7 Å². The van der Waals surface area contributed by atoms with Crippen LogP contribution in [0.2, 0.25) is 5.02 Å². The molecule has 1 aromatic heterocycles. The maximum Gasteiger partial charge on any atom is 0.414 e. The topological polar surface area (TPSA) is 80.1 Å². The third-order valence-electron chi connectivity index (χ3n) is 5.59. The molecule has 0 N–H and O–H groups in total. The number of nitrogens with zero attached hydrogens (tertiary/aromatic N) is 2. The van der Waals surface area contributed by atoms with Crippen LogP contribution in [0.5, 0.6) is 0 Å². The number of benzene rings is 2. The summed E-state index contributed by atoms with van der Waals surface area (Å²) < 4.78 is 37.0. The summed E-state index contributed by atoms with van der Waals surface area (Å²) >= 11 is 5.88. The average Bonchev–Trinajstić information content (AvgIpc) is 3.34. The summed E-state index contributed by atoms with van der Waals surface area (Å²) in [6.45, 7) is 7.84. The number of hydrogen-bond acceptors (Lipinski definition) is 6.